The summed E-state index contributed by atoms with van der Waals surface area (Å²) in [5.74, 6) is 0.353. The average molecular weight is 350 g/mol. The third-order valence-corrected chi connectivity index (χ3v) is 5.36. The first kappa shape index (κ1) is 15.8. The minimum Gasteiger partial charge on any atom is -0.368 e. The summed E-state index contributed by atoms with van der Waals surface area (Å²) < 4.78 is 0. The maximum absolute atomic E-state index is 13.1. The first-order valence-electron chi connectivity index (χ1n) is 8.16. The van der Waals surface area contributed by atoms with Crippen LogP contribution < -0.4 is 5.73 Å². The molecule has 6 heteroatoms. The lowest BCUT2D eigenvalue weighted by molar-refractivity contribution is 0.0739. The van der Waals surface area contributed by atoms with Crippen molar-refractivity contribution >= 4 is 23.2 Å². The molecule has 0 bridgehead atoms. The standard InChI is InChI=1S/C19H18N4OS/c1-12-2-4-13(5-3-12)15-7-9-25-17(15)18(24)23-8-6-16-14(11-23)10-21-19(20)22-16/h2-5,7,9-10H,6,8,11H2,1H3,(H2,20,21,22). The van der Waals surface area contributed by atoms with Gasteiger partial charge in [0.25, 0.3) is 5.91 Å². The van der Waals surface area contributed by atoms with E-state index < -0.39 is 0 Å². The second kappa shape index (κ2) is 6.29. The molecule has 0 unspecified atom stereocenters. The van der Waals surface area contributed by atoms with Gasteiger partial charge in [-0.25, -0.2) is 9.97 Å². The van der Waals surface area contributed by atoms with Crippen molar-refractivity contribution in [3.05, 3.63) is 63.6 Å². The molecule has 2 N–H and O–H groups in total. The minimum absolute atomic E-state index is 0.0630. The number of carbonyl (C=O) groups is 1. The van der Waals surface area contributed by atoms with Gasteiger partial charge in [0.15, 0.2) is 0 Å². The van der Waals surface area contributed by atoms with E-state index in [9.17, 15) is 4.79 Å². The van der Waals surface area contributed by atoms with Gasteiger partial charge in [-0.15, -0.1) is 11.3 Å². The van der Waals surface area contributed by atoms with Crippen molar-refractivity contribution in [3.63, 3.8) is 0 Å². The number of fused-ring (bicyclic) bond motifs is 1. The second-order valence-electron chi connectivity index (χ2n) is 6.21. The van der Waals surface area contributed by atoms with Crippen LogP contribution in [-0.4, -0.2) is 27.3 Å². The number of anilines is 1. The number of hydrogen-bond acceptors (Lipinski definition) is 5. The summed E-state index contributed by atoms with van der Waals surface area (Å²) in [7, 11) is 0. The van der Waals surface area contributed by atoms with E-state index in [1.54, 1.807) is 6.20 Å². The number of carbonyl (C=O) groups excluding carboxylic acids is 1. The zero-order valence-electron chi connectivity index (χ0n) is 13.9. The SMILES string of the molecule is Cc1ccc(-c2ccsc2C(=O)N2CCc3nc(N)ncc3C2)cc1. The monoisotopic (exact) mass is 350 g/mol. The van der Waals surface area contributed by atoms with Crippen LogP contribution in [0.2, 0.25) is 0 Å². The quantitative estimate of drug-likeness (QED) is 0.770. The van der Waals surface area contributed by atoms with Crippen LogP contribution in [0.4, 0.5) is 5.95 Å². The Hall–Kier alpha value is -2.73. The van der Waals surface area contributed by atoms with Crippen LogP contribution in [0.15, 0.2) is 41.9 Å². The fraction of sp³-hybridized carbons (Fsp3) is 0.211. The van der Waals surface area contributed by atoms with Gasteiger partial charge in [-0.2, -0.15) is 0 Å². The molecular weight excluding hydrogens is 332 g/mol. The molecule has 0 saturated carbocycles. The second-order valence-corrected chi connectivity index (χ2v) is 7.12. The molecule has 0 aliphatic carbocycles. The average Bonchev–Trinajstić information content (AvgIpc) is 3.11. The number of nitrogen functional groups attached to an aromatic ring is 1. The molecule has 25 heavy (non-hydrogen) atoms. The van der Waals surface area contributed by atoms with E-state index in [1.807, 2.05) is 16.3 Å². The van der Waals surface area contributed by atoms with E-state index in [-0.39, 0.29) is 5.91 Å². The number of hydrogen-bond donors (Lipinski definition) is 1. The lowest BCUT2D eigenvalue weighted by atomic mass is 10.0. The van der Waals surface area contributed by atoms with E-state index in [0.717, 1.165) is 27.3 Å². The highest BCUT2D eigenvalue weighted by molar-refractivity contribution is 7.12. The highest BCUT2D eigenvalue weighted by atomic mass is 32.1. The summed E-state index contributed by atoms with van der Waals surface area (Å²) in [6.07, 6.45) is 2.44. The third-order valence-electron chi connectivity index (χ3n) is 4.46. The molecule has 4 rings (SSSR count). The van der Waals surface area contributed by atoms with Crippen molar-refractivity contribution in [2.24, 2.45) is 0 Å². The van der Waals surface area contributed by atoms with Gasteiger partial charge >= 0.3 is 0 Å². The van der Waals surface area contributed by atoms with Crippen molar-refractivity contribution < 1.29 is 4.79 Å². The smallest absolute Gasteiger partial charge is 0.264 e. The van der Waals surface area contributed by atoms with Gasteiger partial charge in [0.1, 0.15) is 0 Å². The lowest BCUT2D eigenvalue weighted by Crippen LogP contribution is -2.36. The van der Waals surface area contributed by atoms with Crippen molar-refractivity contribution in [3.8, 4) is 11.1 Å². The van der Waals surface area contributed by atoms with Gasteiger partial charge in [-0.1, -0.05) is 29.8 Å². The molecule has 0 fully saturated rings. The molecule has 0 atom stereocenters. The zero-order chi connectivity index (χ0) is 17.4. The van der Waals surface area contributed by atoms with Gasteiger partial charge in [0.2, 0.25) is 5.95 Å². The Balaban J connectivity index is 1.61. The largest absolute Gasteiger partial charge is 0.368 e. The summed E-state index contributed by atoms with van der Waals surface area (Å²) in [5, 5.41) is 1.98. The molecule has 1 aromatic carbocycles. The van der Waals surface area contributed by atoms with E-state index in [0.29, 0.717) is 25.5 Å². The number of thiophene rings is 1. The zero-order valence-corrected chi connectivity index (χ0v) is 14.7. The molecule has 0 radical (unpaired) electrons. The highest BCUT2D eigenvalue weighted by Gasteiger charge is 2.25. The predicted octanol–water partition coefficient (Wildman–Crippen LogP) is 3.29. The van der Waals surface area contributed by atoms with E-state index in [1.165, 1.54) is 16.9 Å². The number of nitrogens with zero attached hydrogens (tertiary/aromatic N) is 3. The lowest BCUT2D eigenvalue weighted by Gasteiger charge is -2.28. The Kier molecular flexibility index (Phi) is 3.97. The molecule has 2 aromatic heterocycles. The number of aryl methyl sites for hydroxylation is 1. The van der Waals surface area contributed by atoms with Gasteiger partial charge < -0.3 is 10.6 Å². The molecule has 1 aliphatic rings. The van der Waals surface area contributed by atoms with Crippen molar-refractivity contribution in [2.75, 3.05) is 12.3 Å². The number of amides is 1. The predicted molar refractivity (Wildman–Crippen MR) is 99.4 cm³/mol. The van der Waals surface area contributed by atoms with E-state index >= 15 is 0 Å². The van der Waals surface area contributed by atoms with Crippen LogP contribution in [0, 0.1) is 6.92 Å². The Morgan fingerprint density at radius 1 is 1.24 bits per heavy atom. The molecule has 0 spiro atoms. The summed E-state index contributed by atoms with van der Waals surface area (Å²) in [4.78, 5) is 24.0. The van der Waals surface area contributed by atoms with Gasteiger partial charge in [0, 0.05) is 36.8 Å². The molecule has 3 heterocycles. The number of benzene rings is 1. The van der Waals surface area contributed by atoms with Crippen LogP contribution >= 0.6 is 11.3 Å². The Morgan fingerprint density at radius 2 is 2.04 bits per heavy atom. The number of aromatic nitrogens is 2. The number of rotatable bonds is 2. The molecule has 3 aromatic rings. The number of nitrogens with two attached hydrogens (primary N) is 1. The first-order chi connectivity index (χ1) is 12.1. The van der Waals surface area contributed by atoms with Crippen LogP contribution in [0.1, 0.15) is 26.5 Å². The summed E-state index contributed by atoms with van der Waals surface area (Å²) in [6, 6.07) is 10.3. The summed E-state index contributed by atoms with van der Waals surface area (Å²) in [5.41, 5.74) is 10.8. The van der Waals surface area contributed by atoms with Gasteiger partial charge in [-0.3, -0.25) is 4.79 Å². The maximum Gasteiger partial charge on any atom is 0.264 e. The molecular formula is C19H18N4OS. The van der Waals surface area contributed by atoms with E-state index in [4.69, 9.17) is 5.73 Å². The van der Waals surface area contributed by atoms with Crippen LogP contribution in [0.25, 0.3) is 11.1 Å². The summed E-state index contributed by atoms with van der Waals surface area (Å²) >= 11 is 1.49. The Morgan fingerprint density at radius 3 is 2.84 bits per heavy atom. The van der Waals surface area contributed by atoms with Gasteiger partial charge in [-0.05, 0) is 23.9 Å². The Bertz CT molecular complexity index is 933. The summed E-state index contributed by atoms with van der Waals surface area (Å²) in [6.45, 7) is 3.23. The van der Waals surface area contributed by atoms with Crippen molar-refractivity contribution in [1.29, 1.82) is 0 Å². The first-order valence-corrected chi connectivity index (χ1v) is 9.04. The molecule has 1 amide bonds. The van der Waals surface area contributed by atoms with Crippen molar-refractivity contribution in [2.45, 2.75) is 19.9 Å². The molecule has 0 saturated heterocycles. The molecule has 1 aliphatic heterocycles. The highest BCUT2D eigenvalue weighted by Crippen LogP contribution is 2.31. The van der Waals surface area contributed by atoms with Crippen LogP contribution in [-0.2, 0) is 13.0 Å². The van der Waals surface area contributed by atoms with Crippen LogP contribution in [0.3, 0.4) is 0 Å². The fourth-order valence-electron chi connectivity index (χ4n) is 3.08. The molecule has 5 nitrogen and oxygen atoms in total. The van der Waals surface area contributed by atoms with E-state index in [2.05, 4.69) is 41.2 Å². The van der Waals surface area contributed by atoms with Crippen molar-refractivity contribution in [1.82, 2.24) is 14.9 Å². The van der Waals surface area contributed by atoms with Crippen LogP contribution in [0.5, 0.6) is 0 Å². The molecule has 126 valence electrons. The Labute approximate surface area is 150 Å². The minimum atomic E-state index is 0.0630. The maximum atomic E-state index is 13.1. The normalized spacial score (nSPS) is 13.6. The third kappa shape index (κ3) is 3.00. The topological polar surface area (TPSA) is 72.1 Å². The fourth-order valence-corrected chi connectivity index (χ4v) is 3.97. The van der Waals surface area contributed by atoms with Gasteiger partial charge in [0.05, 0.1) is 10.6 Å².